The fourth-order valence-corrected chi connectivity index (χ4v) is 2.54. The van der Waals surface area contributed by atoms with Gasteiger partial charge >= 0.3 is 0 Å². The Balaban J connectivity index is 2.34. The second-order valence-electron chi connectivity index (χ2n) is 5.21. The van der Waals surface area contributed by atoms with Crippen molar-refractivity contribution in [1.29, 1.82) is 5.26 Å². The fraction of sp³-hybridized carbons (Fsp3) is 0.909. The van der Waals surface area contributed by atoms with Gasteiger partial charge in [0.15, 0.2) is 5.79 Å². The van der Waals surface area contributed by atoms with Crippen LogP contribution in [0.3, 0.4) is 0 Å². The first-order valence-corrected chi connectivity index (χ1v) is 6.15. The van der Waals surface area contributed by atoms with E-state index >= 15 is 0 Å². The number of aliphatic hydroxyl groups excluding tert-OH is 2. The smallest absolute Gasteiger partial charge is 0.227 e. The van der Waals surface area contributed by atoms with Gasteiger partial charge in [0, 0.05) is 4.91 Å². The van der Waals surface area contributed by atoms with Gasteiger partial charge in [0.25, 0.3) is 0 Å². The van der Waals surface area contributed by atoms with E-state index < -0.39 is 35.9 Å². The van der Waals surface area contributed by atoms with E-state index in [1.165, 1.54) is 0 Å². The number of hydrogen-bond acceptors (Lipinski definition) is 7. The Kier molecular flexibility index (Phi) is 3.88. The SMILES string of the molecule is CC1(C)O[C@H]2[C@H](O)[C@H](N=[N+]=[N-])CO[C@@]2([C@H](O)CC#N)O1. The van der Waals surface area contributed by atoms with Crippen molar-refractivity contribution in [2.24, 2.45) is 5.11 Å². The minimum Gasteiger partial charge on any atom is -0.390 e. The van der Waals surface area contributed by atoms with Crippen LogP contribution in [0.5, 0.6) is 0 Å². The lowest BCUT2D eigenvalue weighted by Gasteiger charge is -2.43. The first-order valence-electron chi connectivity index (χ1n) is 6.15. The zero-order chi connectivity index (χ0) is 15.0. The standard InChI is InChI=1S/C11H16N4O5/c1-10(2)19-9-8(17)6(14-15-13)5-18-11(9,20-10)7(16)3-4-12/h6-9,16-17H,3,5H2,1-2H3/t6-,7-,8-,9+,11+/m1/s1. The van der Waals surface area contributed by atoms with E-state index in [0.29, 0.717) is 0 Å². The van der Waals surface area contributed by atoms with Crippen molar-refractivity contribution in [2.75, 3.05) is 6.61 Å². The zero-order valence-electron chi connectivity index (χ0n) is 11.1. The summed E-state index contributed by atoms with van der Waals surface area (Å²) >= 11 is 0. The Morgan fingerprint density at radius 3 is 2.90 bits per heavy atom. The molecular formula is C11H16N4O5. The molecule has 2 N–H and O–H groups in total. The molecule has 2 aliphatic rings. The summed E-state index contributed by atoms with van der Waals surface area (Å²) in [4.78, 5) is 2.64. The molecule has 0 aromatic rings. The quantitative estimate of drug-likeness (QED) is 0.430. The number of fused-ring (bicyclic) bond motifs is 1. The molecule has 0 aromatic heterocycles. The number of ether oxygens (including phenoxy) is 3. The molecule has 110 valence electrons. The van der Waals surface area contributed by atoms with E-state index in [-0.39, 0.29) is 13.0 Å². The molecule has 9 heteroatoms. The Morgan fingerprint density at radius 1 is 1.60 bits per heavy atom. The topological polar surface area (TPSA) is 141 Å². The molecule has 0 spiro atoms. The number of hydrogen-bond donors (Lipinski definition) is 2. The molecule has 0 amide bonds. The van der Waals surface area contributed by atoms with Gasteiger partial charge in [-0.2, -0.15) is 5.26 Å². The van der Waals surface area contributed by atoms with Gasteiger partial charge in [-0.3, -0.25) is 0 Å². The van der Waals surface area contributed by atoms with Crippen LogP contribution >= 0.6 is 0 Å². The molecule has 0 radical (unpaired) electrons. The number of nitrogens with zero attached hydrogens (tertiary/aromatic N) is 4. The average molecular weight is 284 g/mol. The summed E-state index contributed by atoms with van der Waals surface area (Å²) in [6, 6.07) is 0.979. The summed E-state index contributed by atoms with van der Waals surface area (Å²) in [5.41, 5.74) is 8.46. The fourth-order valence-electron chi connectivity index (χ4n) is 2.54. The highest BCUT2D eigenvalue weighted by Crippen LogP contribution is 2.45. The molecule has 2 fully saturated rings. The van der Waals surface area contributed by atoms with Crippen LogP contribution < -0.4 is 0 Å². The van der Waals surface area contributed by atoms with Gasteiger partial charge in [0.2, 0.25) is 5.79 Å². The molecular weight excluding hydrogens is 268 g/mol. The highest BCUT2D eigenvalue weighted by Gasteiger charge is 2.64. The van der Waals surface area contributed by atoms with Gasteiger partial charge in [-0.1, -0.05) is 5.11 Å². The highest BCUT2D eigenvalue weighted by atomic mass is 16.8. The van der Waals surface area contributed by atoms with Crippen LogP contribution in [0.4, 0.5) is 0 Å². The molecule has 0 aliphatic carbocycles. The summed E-state index contributed by atoms with van der Waals surface area (Å²) in [5.74, 6) is -2.74. The van der Waals surface area contributed by atoms with Gasteiger partial charge in [-0.05, 0) is 19.4 Å². The van der Waals surface area contributed by atoms with Crippen molar-refractivity contribution < 1.29 is 24.4 Å². The Bertz CT molecular complexity index is 472. The minimum absolute atomic E-state index is 0.135. The van der Waals surface area contributed by atoms with Crippen molar-refractivity contribution in [3.8, 4) is 6.07 Å². The highest BCUT2D eigenvalue weighted by molar-refractivity contribution is 5.06. The summed E-state index contributed by atoms with van der Waals surface area (Å²) in [6.45, 7) is 3.07. The van der Waals surface area contributed by atoms with Crippen LogP contribution in [-0.4, -0.2) is 52.7 Å². The van der Waals surface area contributed by atoms with Crippen LogP contribution in [0.25, 0.3) is 10.4 Å². The maximum absolute atomic E-state index is 10.2. The third kappa shape index (κ3) is 2.33. The largest absolute Gasteiger partial charge is 0.390 e. The van der Waals surface area contributed by atoms with Crippen LogP contribution in [-0.2, 0) is 14.2 Å². The summed E-state index contributed by atoms with van der Waals surface area (Å²) in [7, 11) is 0. The molecule has 0 saturated carbocycles. The lowest BCUT2D eigenvalue weighted by molar-refractivity contribution is -0.314. The summed E-state index contributed by atoms with van der Waals surface area (Å²) in [6.07, 6.45) is -3.78. The van der Waals surface area contributed by atoms with Gasteiger partial charge in [-0.25, -0.2) is 0 Å². The molecule has 0 unspecified atom stereocenters. The second kappa shape index (κ2) is 5.18. The molecule has 5 atom stereocenters. The van der Waals surface area contributed by atoms with E-state index in [4.69, 9.17) is 25.0 Å². The third-order valence-corrected chi connectivity index (χ3v) is 3.35. The molecule has 20 heavy (non-hydrogen) atoms. The van der Waals surface area contributed by atoms with Crippen molar-refractivity contribution >= 4 is 0 Å². The lowest BCUT2D eigenvalue weighted by atomic mass is 9.91. The van der Waals surface area contributed by atoms with Crippen molar-refractivity contribution in [3.63, 3.8) is 0 Å². The molecule has 9 nitrogen and oxygen atoms in total. The van der Waals surface area contributed by atoms with Crippen molar-refractivity contribution in [2.45, 2.75) is 56.2 Å². The van der Waals surface area contributed by atoms with E-state index in [1.807, 2.05) is 6.07 Å². The number of azide groups is 1. The van der Waals surface area contributed by atoms with E-state index in [0.717, 1.165) is 0 Å². The normalized spacial score (nSPS) is 40.2. The third-order valence-electron chi connectivity index (χ3n) is 3.35. The maximum atomic E-state index is 10.2. The predicted molar refractivity (Wildman–Crippen MR) is 63.9 cm³/mol. The molecule has 2 aliphatic heterocycles. The molecule has 0 bridgehead atoms. The molecule has 2 saturated heterocycles. The molecule has 2 rings (SSSR count). The van der Waals surface area contributed by atoms with Crippen LogP contribution in [0.1, 0.15) is 20.3 Å². The minimum atomic E-state index is -1.64. The Labute approximate surface area is 115 Å². The average Bonchev–Trinajstić information content (AvgIpc) is 2.66. The first kappa shape index (κ1) is 15.0. The number of rotatable bonds is 3. The number of nitriles is 1. The monoisotopic (exact) mass is 284 g/mol. The van der Waals surface area contributed by atoms with Crippen molar-refractivity contribution in [1.82, 2.24) is 0 Å². The van der Waals surface area contributed by atoms with Gasteiger partial charge in [0.05, 0.1) is 31.2 Å². The summed E-state index contributed by atoms with van der Waals surface area (Å²) < 4.78 is 16.7. The molecule has 0 aromatic carbocycles. The lowest BCUT2D eigenvalue weighted by Crippen LogP contribution is -2.63. The van der Waals surface area contributed by atoms with E-state index in [2.05, 4.69) is 10.0 Å². The number of aliphatic hydroxyl groups is 2. The van der Waals surface area contributed by atoms with Crippen molar-refractivity contribution in [3.05, 3.63) is 10.4 Å². The van der Waals surface area contributed by atoms with Crippen LogP contribution in [0, 0.1) is 11.3 Å². The molecule has 2 heterocycles. The maximum Gasteiger partial charge on any atom is 0.227 e. The predicted octanol–water partition coefficient (Wildman–Crippen LogP) is 0.179. The van der Waals surface area contributed by atoms with Gasteiger partial charge < -0.3 is 24.4 Å². The Morgan fingerprint density at radius 2 is 2.30 bits per heavy atom. The Hall–Kier alpha value is -1.40. The second-order valence-corrected chi connectivity index (χ2v) is 5.21. The van der Waals surface area contributed by atoms with Gasteiger partial charge in [0.1, 0.15) is 12.2 Å². The van der Waals surface area contributed by atoms with E-state index in [1.54, 1.807) is 13.8 Å². The zero-order valence-corrected chi connectivity index (χ0v) is 11.1. The van der Waals surface area contributed by atoms with Crippen LogP contribution in [0.15, 0.2) is 5.11 Å². The van der Waals surface area contributed by atoms with E-state index in [9.17, 15) is 10.2 Å². The van der Waals surface area contributed by atoms with Crippen LogP contribution in [0.2, 0.25) is 0 Å². The van der Waals surface area contributed by atoms with Gasteiger partial charge in [-0.15, -0.1) is 0 Å². The first-order chi connectivity index (χ1) is 9.36. The summed E-state index contributed by atoms with van der Waals surface area (Å²) in [5, 5.41) is 32.5.